The third-order valence-electron chi connectivity index (χ3n) is 3.72. The van der Waals surface area contributed by atoms with E-state index >= 15 is 0 Å². The van der Waals surface area contributed by atoms with Crippen molar-refractivity contribution in [2.24, 2.45) is 0 Å². The summed E-state index contributed by atoms with van der Waals surface area (Å²) in [5.41, 5.74) is 0.233. The maximum Gasteiger partial charge on any atom is 0.236 e. The lowest BCUT2D eigenvalue weighted by atomic mass is 9.75. The first kappa shape index (κ1) is 13.5. The number of carbonyl (C=O) groups excluding carboxylic acids is 1. The summed E-state index contributed by atoms with van der Waals surface area (Å²) >= 11 is 0. The van der Waals surface area contributed by atoms with Crippen LogP contribution in [-0.2, 0) is 4.79 Å². The van der Waals surface area contributed by atoms with E-state index in [1.807, 2.05) is 18.9 Å². The van der Waals surface area contributed by atoms with Gasteiger partial charge in [-0.15, -0.1) is 0 Å². The van der Waals surface area contributed by atoms with Crippen molar-refractivity contribution in [3.63, 3.8) is 0 Å². The molecule has 94 valence electrons. The molecule has 1 saturated carbocycles. The van der Waals surface area contributed by atoms with E-state index in [4.69, 9.17) is 0 Å². The van der Waals surface area contributed by atoms with Gasteiger partial charge in [-0.05, 0) is 39.9 Å². The highest BCUT2D eigenvalue weighted by atomic mass is 16.2. The first-order chi connectivity index (χ1) is 7.52. The van der Waals surface area contributed by atoms with Crippen LogP contribution in [-0.4, -0.2) is 62.0 Å². The van der Waals surface area contributed by atoms with Crippen LogP contribution >= 0.6 is 0 Å². The minimum Gasteiger partial charge on any atom is -0.343 e. The molecule has 0 aliphatic heterocycles. The van der Waals surface area contributed by atoms with Gasteiger partial charge in [0.2, 0.25) is 5.91 Å². The van der Waals surface area contributed by atoms with Crippen LogP contribution in [0.25, 0.3) is 0 Å². The number of nitrogens with one attached hydrogen (secondary N) is 1. The SMILES string of the molecule is CCNCC(=O)N(C)CC1(N(C)C)CCC1. The van der Waals surface area contributed by atoms with Crippen molar-refractivity contribution < 1.29 is 4.79 Å². The summed E-state index contributed by atoms with van der Waals surface area (Å²) in [6.45, 7) is 4.17. The predicted molar refractivity (Wildman–Crippen MR) is 66.4 cm³/mol. The van der Waals surface area contributed by atoms with Gasteiger partial charge in [-0.2, -0.15) is 0 Å². The van der Waals surface area contributed by atoms with E-state index in [2.05, 4.69) is 24.3 Å². The second-order valence-corrected chi connectivity index (χ2v) is 5.00. The van der Waals surface area contributed by atoms with Gasteiger partial charge in [0.25, 0.3) is 0 Å². The molecule has 1 rings (SSSR count). The van der Waals surface area contributed by atoms with Gasteiger partial charge in [0, 0.05) is 19.1 Å². The van der Waals surface area contributed by atoms with Gasteiger partial charge in [-0.3, -0.25) is 4.79 Å². The van der Waals surface area contributed by atoms with Crippen molar-refractivity contribution in [3.05, 3.63) is 0 Å². The lowest BCUT2D eigenvalue weighted by Gasteiger charge is -2.49. The van der Waals surface area contributed by atoms with Crippen molar-refractivity contribution in [3.8, 4) is 0 Å². The molecule has 1 fully saturated rings. The fourth-order valence-corrected chi connectivity index (χ4v) is 2.23. The molecule has 0 atom stereocenters. The summed E-state index contributed by atoms with van der Waals surface area (Å²) < 4.78 is 0. The molecular formula is C12H25N3O. The molecule has 1 N–H and O–H groups in total. The molecule has 1 aliphatic carbocycles. The third-order valence-corrected chi connectivity index (χ3v) is 3.72. The number of amides is 1. The number of hydrogen-bond acceptors (Lipinski definition) is 3. The predicted octanol–water partition coefficient (Wildman–Crippen LogP) is 0.539. The zero-order valence-electron chi connectivity index (χ0n) is 11.0. The first-order valence-corrected chi connectivity index (χ1v) is 6.14. The summed E-state index contributed by atoms with van der Waals surface area (Å²) in [5.74, 6) is 0.190. The summed E-state index contributed by atoms with van der Waals surface area (Å²) in [4.78, 5) is 15.9. The smallest absolute Gasteiger partial charge is 0.236 e. The van der Waals surface area contributed by atoms with Crippen LogP contribution in [0.3, 0.4) is 0 Å². The maximum atomic E-state index is 11.8. The molecule has 0 heterocycles. The van der Waals surface area contributed by atoms with Crippen LogP contribution in [0, 0.1) is 0 Å². The Morgan fingerprint density at radius 3 is 2.31 bits per heavy atom. The zero-order chi connectivity index (χ0) is 12.2. The first-order valence-electron chi connectivity index (χ1n) is 6.14. The Hall–Kier alpha value is -0.610. The van der Waals surface area contributed by atoms with Gasteiger partial charge in [-0.25, -0.2) is 0 Å². The topological polar surface area (TPSA) is 35.6 Å². The minimum absolute atomic E-state index is 0.190. The van der Waals surface area contributed by atoms with E-state index in [0.29, 0.717) is 6.54 Å². The van der Waals surface area contributed by atoms with Gasteiger partial charge in [0.05, 0.1) is 6.54 Å². The molecule has 0 radical (unpaired) electrons. The average molecular weight is 227 g/mol. The molecule has 16 heavy (non-hydrogen) atoms. The molecule has 0 unspecified atom stereocenters. The van der Waals surface area contributed by atoms with Crippen LogP contribution in [0.2, 0.25) is 0 Å². The van der Waals surface area contributed by atoms with E-state index in [-0.39, 0.29) is 11.4 Å². The van der Waals surface area contributed by atoms with Crippen LogP contribution in [0.4, 0.5) is 0 Å². The van der Waals surface area contributed by atoms with Crippen molar-refractivity contribution in [2.75, 3.05) is 40.8 Å². The second kappa shape index (κ2) is 5.64. The normalized spacial score (nSPS) is 18.3. The van der Waals surface area contributed by atoms with E-state index < -0.39 is 0 Å². The van der Waals surface area contributed by atoms with Crippen LogP contribution in [0.15, 0.2) is 0 Å². The van der Waals surface area contributed by atoms with E-state index in [1.54, 1.807) is 0 Å². The Morgan fingerprint density at radius 2 is 1.94 bits per heavy atom. The molecule has 4 nitrogen and oxygen atoms in total. The number of rotatable bonds is 6. The molecule has 4 heteroatoms. The van der Waals surface area contributed by atoms with E-state index in [1.165, 1.54) is 19.3 Å². The summed E-state index contributed by atoms with van der Waals surface area (Å²) in [7, 11) is 6.13. The lowest BCUT2D eigenvalue weighted by Crippen LogP contribution is -2.58. The Balaban J connectivity index is 2.43. The standard InChI is InChI=1S/C12H25N3O/c1-5-13-9-11(16)15(4)10-12(14(2)3)7-6-8-12/h13H,5-10H2,1-4H3. The van der Waals surface area contributed by atoms with Crippen LogP contribution in [0.5, 0.6) is 0 Å². The number of likely N-dealkylation sites (N-methyl/N-ethyl adjacent to an activating group) is 3. The zero-order valence-corrected chi connectivity index (χ0v) is 11.0. The summed E-state index contributed by atoms with van der Waals surface area (Å²) in [6, 6.07) is 0. The Kier molecular flexibility index (Phi) is 4.74. The number of nitrogens with zero attached hydrogens (tertiary/aromatic N) is 2. The molecule has 0 aromatic rings. The van der Waals surface area contributed by atoms with Crippen molar-refractivity contribution >= 4 is 5.91 Å². The highest BCUT2D eigenvalue weighted by Crippen LogP contribution is 2.36. The fourth-order valence-electron chi connectivity index (χ4n) is 2.23. The molecule has 1 amide bonds. The molecule has 0 saturated heterocycles. The monoisotopic (exact) mass is 227 g/mol. The van der Waals surface area contributed by atoms with Crippen molar-refractivity contribution in [2.45, 2.75) is 31.7 Å². The van der Waals surface area contributed by atoms with Gasteiger partial charge < -0.3 is 15.1 Å². The Labute approximate surface area is 99.0 Å². The van der Waals surface area contributed by atoms with Gasteiger partial charge in [0.15, 0.2) is 0 Å². The molecular weight excluding hydrogens is 202 g/mol. The minimum atomic E-state index is 0.190. The third kappa shape index (κ3) is 2.95. The van der Waals surface area contributed by atoms with E-state index in [9.17, 15) is 4.79 Å². The molecule has 0 bridgehead atoms. The highest BCUT2D eigenvalue weighted by molar-refractivity contribution is 5.78. The number of carbonyl (C=O) groups is 1. The Bertz CT molecular complexity index is 236. The molecule has 0 spiro atoms. The largest absolute Gasteiger partial charge is 0.343 e. The maximum absolute atomic E-state index is 11.8. The Morgan fingerprint density at radius 1 is 1.31 bits per heavy atom. The lowest BCUT2D eigenvalue weighted by molar-refractivity contribution is -0.131. The fraction of sp³-hybridized carbons (Fsp3) is 0.917. The van der Waals surface area contributed by atoms with Crippen LogP contribution < -0.4 is 5.32 Å². The second-order valence-electron chi connectivity index (χ2n) is 5.00. The number of hydrogen-bond donors (Lipinski definition) is 1. The molecule has 0 aromatic carbocycles. The van der Waals surface area contributed by atoms with Crippen molar-refractivity contribution in [1.29, 1.82) is 0 Å². The van der Waals surface area contributed by atoms with E-state index in [0.717, 1.165) is 13.1 Å². The molecule has 1 aliphatic rings. The van der Waals surface area contributed by atoms with Gasteiger partial charge >= 0.3 is 0 Å². The quantitative estimate of drug-likeness (QED) is 0.719. The van der Waals surface area contributed by atoms with Gasteiger partial charge in [0.1, 0.15) is 0 Å². The highest BCUT2D eigenvalue weighted by Gasteiger charge is 2.40. The average Bonchev–Trinajstić information content (AvgIpc) is 2.18. The summed E-state index contributed by atoms with van der Waals surface area (Å²) in [6.07, 6.45) is 3.70. The van der Waals surface area contributed by atoms with Gasteiger partial charge in [-0.1, -0.05) is 6.92 Å². The van der Waals surface area contributed by atoms with Crippen molar-refractivity contribution in [1.82, 2.24) is 15.1 Å². The molecule has 0 aromatic heterocycles. The summed E-state index contributed by atoms with van der Waals surface area (Å²) in [5, 5.41) is 3.08. The van der Waals surface area contributed by atoms with Crippen LogP contribution in [0.1, 0.15) is 26.2 Å².